The molecule has 2 nitrogen and oxygen atoms in total. The molecule has 4 rings (SSSR count). The lowest BCUT2D eigenvalue weighted by atomic mass is 9.96. The number of nitrogens with two attached hydrogens (primary N) is 1. The molecule has 1 atom stereocenters. The molecular weight excluding hydrogens is 340 g/mol. The lowest BCUT2D eigenvalue weighted by Gasteiger charge is -2.30. The van der Waals surface area contributed by atoms with E-state index in [2.05, 4.69) is 90.3 Å². The zero-order valence-corrected chi connectivity index (χ0v) is 15.8. The Bertz CT molecular complexity index is 999. The molecule has 0 aromatic heterocycles. The van der Waals surface area contributed by atoms with Crippen LogP contribution in [-0.2, 0) is 0 Å². The lowest BCUT2D eigenvalue weighted by Crippen LogP contribution is -2.46. The van der Waals surface area contributed by atoms with Gasteiger partial charge in [0.05, 0.1) is 0 Å². The number of allylic oxidation sites excluding steroid dienone is 3. The molecule has 0 saturated heterocycles. The second-order valence-corrected chi connectivity index (χ2v) is 7.09. The summed E-state index contributed by atoms with van der Waals surface area (Å²) in [6.07, 6.45) is 11.3. The smallest absolute Gasteiger partial charge is 0.109 e. The van der Waals surface area contributed by atoms with Gasteiger partial charge in [0.1, 0.15) is 5.66 Å². The second kappa shape index (κ2) is 8.12. The maximum absolute atomic E-state index is 6.54. The molecule has 28 heavy (non-hydrogen) atoms. The SMILES string of the molecule is NC1(Nc2ccc(-c3ccccc3)cc2)C=CC(C=Cc2ccccc2)=CC1. The molecule has 1 unspecified atom stereocenters. The number of rotatable bonds is 5. The molecule has 1 aliphatic rings. The normalized spacial score (nSPS) is 18.8. The fraction of sp³-hybridized carbons (Fsp3) is 0.0769. The first-order chi connectivity index (χ1) is 13.7. The number of nitrogens with one attached hydrogen (secondary N) is 1. The topological polar surface area (TPSA) is 38.0 Å². The fourth-order valence-corrected chi connectivity index (χ4v) is 3.29. The van der Waals surface area contributed by atoms with E-state index in [4.69, 9.17) is 5.73 Å². The third kappa shape index (κ3) is 4.48. The second-order valence-electron chi connectivity index (χ2n) is 7.09. The van der Waals surface area contributed by atoms with Gasteiger partial charge in [-0.15, -0.1) is 0 Å². The van der Waals surface area contributed by atoms with Gasteiger partial charge in [-0.3, -0.25) is 0 Å². The van der Waals surface area contributed by atoms with Gasteiger partial charge in [0, 0.05) is 12.1 Å². The Hall–Kier alpha value is -3.36. The molecule has 0 saturated carbocycles. The van der Waals surface area contributed by atoms with Gasteiger partial charge in [0.2, 0.25) is 0 Å². The van der Waals surface area contributed by atoms with E-state index < -0.39 is 5.66 Å². The van der Waals surface area contributed by atoms with Crippen LogP contribution in [0.5, 0.6) is 0 Å². The van der Waals surface area contributed by atoms with Crippen molar-refractivity contribution in [3.63, 3.8) is 0 Å². The molecule has 3 aromatic carbocycles. The average Bonchev–Trinajstić information content (AvgIpc) is 2.75. The average molecular weight is 364 g/mol. The number of benzene rings is 3. The van der Waals surface area contributed by atoms with Crippen LogP contribution in [0.25, 0.3) is 17.2 Å². The minimum Gasteiger partial charge on any atom is -0.364 e. The molecule has 0 radical (unpaired) electrons. The minimum absolute atomic E-state index is 0.571. The van der Waals surface area contributed by atoms with Crippen molar-refractivity contribution in [3.05, 3.63) is 120 Å². The maximum Gasteiger partial charge on any atom is 0.109 e. The van der Waals surface area contributed by atoms with Gasteiger partial charge in [-0.2, -0.15) is 0 Å². The monoisotopic (exact) mass is 364 g/mol. The largest absolute Gasteiger partial charge is 0.364 e. The van der Waals surface area contributed by atoms with Crippen molar-refractivity contribution in [1.82, 2.24) is 0 Å². The first-order valence-corrected chi connectivity index (χ1v) is 9.55. The summed E-state index contributed by atoms with van der Waals surface area (Å²) in [4.78, 5) is 0. The van der Waals surface area contributed by atoms with E-state index in [-0.39, 0.29) is 0 Å². The van der Waals surface area contributed by atoms with Gasteiger partial charge < -0.3 is 11.1 Å². The van der Waals surface area contributed by atoms with Crippen molar-refractivity contribution in [1.29, 1.82) is 0 Å². The predicted octanol–water partition coefficient (Wildman–Crippen LogP) is 6.02. The van der Waals surface area contributed by atoms with Crippen LogP contribution in [-0.4, -0.2) is 5.66 Å². The summed E-state index contributed by atoms with van der Waals surface area (Å²) in [5.41, 5.74) is 11.8. The quantitative estimate of drug-likeness (QED) is 0.543. The van der Waals surface area contributed by atoms with E-state index >= 15 is 0 Å². The van der Waals surface area contributed by atoms with E-state index in [1.165, 1.54) is 22.3 Å². The van der Waals surface area contributed by atoms with E-state index in [1.807, 2.05) is 30.3 Å². The maximum atomic E-state index is 6.54. The molecule has 3 aromatic rings. The molecule has 2 heteroatoms. The van der Waals surface area contributed by atoms with Crippen LogP contribution >= 0.6 is 0 Å². The van der Waals surface area contributed by atoms with Crippen LogP contribution in [0.4, 0.5) is 5.69 Å². The van der Waals surface area contributed by atoms with E-state index in [9.17, 15) is 0 Å². The van der Waals surface area contributed by atoms with Crippen LogP contribution in [0.1, 0.15) is 12.0 Å². The molecule has 0 heterocycles. The Kier molecular flexibility index (Phi) is 5.22. The first-order valence-electron chi connectivity index (χ1n) is 9.55. The molecule has 0 spiro atoms. The lowest BCUT2D eigenvalue weighted by molar-refractivity contribution is 0.605. The fourth-order valence-electron chi connectivity index (χ4n) is 3.29. The Morgan fingerprint density at radius 3 is 2.04 bits per heavy atom. The predicted molar refractivity (Wildman–Crippen MR) is 120 cm³/mol. The summed E-state index contributed by atoms with van der Waals surface area (Å²) in [5, 5.41) is 3.45. The van der Waals surface area contributed by atoms with Gasteiger partial charge in [0.15, 0.2) is 0 Å². The van der Waals surface area contributed by atoms with Crippen molar-refractivity contribution < 1.29 is 0 Å². The molecular formula is C26H24N2. The standard InChI is InChI=1S/C26H24N2/c27-26(19-17-22(18-20-26)12-11-21-7-3-1-4-8-21)28-25-15-13-24(14-16-25)23-9-5-2-6-10-23/h1-19,28H,20,27H2. The molecule has 0 bridgehead atoms. The summed E-state index contributed by atoms with van der Waals surface area (Å²) < 4.78 is 0. The zero-order valence-electron chi connectivity index (χ0n) is 15.8. The van der Waals surface area contributed by atoms with Gasteiger partial charge in [0.25, 0.3) is 0 Å². The summed E-state index contributed by atoms with van der Waals surface area (Å²) in [7, 11) is 0. The van der Waals surface area contributed by atoms with Crippen LogP contribution < -0.4 is 11.1 Å². The van der Waals surface area contributed by atoms with Crippen molar-refractivity contribution in [3.8, 4) is 11.1 Å². The van der Waals surface area contributed by atoms with Crippen molar-refractivity contribution >= 4 is 11.8 Å². The summed E-state index contributed by atoms with van der Waals surface area (Å²) >= 11 is 0. The van der Waals surface area contributed by atoms with Gasteiger partial charge in [-0.05, 0) is 40.5 Å². The molecule has 0 aliphatic heterocycles. The van der Waals surface area contributed by atoms with E-state index in [1.54, 1.807) is 0 Å². The number of hydrogen-bond acceptors (Lipinski definition) is 2. The Labute approximate surface area is 166 Å². The van der Waals surface area contributed by atoms with Gasteiger partial charge in [-0.1, -0.05) is 97.1 Å². The van der Waals surface area contributed by atoms with Crippen molar-refractivity contribution in [2.75, 3.05) is 5.32 Å². The zero-order chi connectivity index (χ0) is 19.2. The Morgan fingerprint density at radius 1 is 0.750 bits per heavy atom. The van der Waals surface area contributed by atoms with E-state index in [0.29, 0.717) is 0 Å². The molecule has 0 fully saturated rings. The number of anilines is 1. The highest BCUT2D eigenvalue weighted by Crippen LogP contribution is 2.25. The van der Waals surface area contributed by atoms with Crippen LogP contribution in [0.15, 0.2) is 115 Å². The molecule has 3 N–H and O–H groups in total. The highest BCUT2D eigenvalue weighted by molar-refractivity contribution is 5.66. The summed E-state index contributed by atoms with van der Waals surface area (Å²) in [6.45, 7) is 0. The van der Waals surface area contributed by atoms with E-state index in [0.717, 1.165) is 12.1 Å². The molecule has 138 valence electrons. The number of hydrogen-bond donors (Lipinski definition) is 2. The Morgan fingerprint density at radius 2 is 1.39 bits per heavy atom. The van der Waals surface area contributed by atoms with Crippen molar-refractivity contribution in [2.24, 2.45) is 5.73 Å². The third-order valence-electron chi connectivity index (χ3n) is 4.89. The highest BCUT2D eigenvalue weighted by atomic mass is 15.1. The third-order valence-corrected chi connectivity index (χ3v) is 4.89. The van der Waals surface area contributed by atoms with Crippen molar-refractivity contribution in [2.45, 2.75) is 12.1 Å². The molecule has 1 aliphatic carbocycles. The first kappa shape index (κ1) is 18.0. The minimum atomic E-state index is -0.571. The van der Waals surface area contributed by atoms with Crippen LogP contribution in [0.2, 0.25) is 0 Å². The summed E-state index contributed by atoms with van der Waals surface area (Å²) in [5.74, 6) is 0. The van der Waals surface area contributed by atoms with Gasteiger partial charge >= 0.3 is 0 Å². The highest BCUT2D eigenvalue weighted by Gasteiger charge is 2.22. The van der Waals surface area contributed by atoms with Gasteiger partial charge in [-0.25, -0.2) is 0 Å². The van der Waals surface area contributed by atoms with Crippen LogP contribution in [0, 0.1) is 0 Å². The van der Waals surface area contributed by atoms with Crippen LogP contribution in [0.3, 0.4) is 0 Å². The summed E-state index contributed by atoms with van der Waals surface area (Å²) in [6, 6.07) is 29.1. The Balaban J connectivity index is 1.40. The molecule has 0 amide bonds.